The standard InChI is InChI=1S/C7H17Si.Y/c1-5-8(6-2)7(3)4;/h7H,5-6H2,1-4H3;. The van der Waals surface area contributed by atoms with Gasteiger partial charge in [0.15, 0.2) is 0 Å². The molecule has 0 spiro atoms. The van der Waals surface area contributed by atoms with Crippen LogP contribution in [0.1, 0.15) is 27.7 Å². The number of rotatable bonds is 3. The monoisotopic (exact) mass is 218 g/mol. The van der Waals surface area contributed by atoms with E-state index in [-0.39, 0.29) is 41.5 Å². The minimum atomic E-state index is 0. The van der Waals surface area contributed by atoms with Crippen LogP contribution in [-0.2, 0) is 32.7 Å². The minimum absolute atomic E-state index is 0. The topological polar surface area (TPSA) is 0 Å². The predicted molar refractivity (Wildman–Crippen MR) is 41.8 cm³/mol. The Labute approximate surface area is 86.3 Å². The van der Waals surface area contributed by atoms with Crippen LogP contribution in [0.4, 0.5) is 0 Å². The molecule has 0 aliphatic carbocycles. The predicted octanol–water partition coefficient (Wildman–Crippen LogP) is 2.93. The van der Waals surface area contributed by atoms with Gasteiger partial charge in [0.25, 0.3) is 0 Å². The van der Waals surface area contributed by atoms with E-state index >= 15 is 0 Å². The zero-order chi connectivity index (χ0) is 6.57. The maximum Gasteiger partial charge on any atom is 0.0501 e. The first-order chi connectivity index (χ1) is 3.72. The van der Waals surface area contributed by atoms with Crippen LogP contribution < -0.4 is 0 Å². The summed E-state index contributed by atoms with van der Waals surface area (Å²) in [7, 11) is 0.0597. The van der Waals surface area contributed by atoms with Gasteiger partial charge in [-0.15, -0.1) is 0 Å². The normalized spacial score (nSPS) is 10.0. The Morgan fingerprint density at radius 3 is 1.44 bits per heavy atom. The van der Waals surface area contributed by atoms with E-state index in [4.69, 9.17) is 0 Å². The second-order valence-corrected chi connectivity index (χ2v) is 6.41. The first-order valence-electron chi connectivity index (χ1n) is 3.56. The molecule has 0 aliphatic rings. The molecule has 0 aliphatic heterocycles. The zero-order valence-corrected chi connectivity index (χ0v) is 10.9. The average molecular weight is 218 g/mol. The summed E-state index contributed by atoms with van der Waals surface area (Å²) in [5.41, 5.74) is 0.981. The van der Waals surface area contributed by atoms with Crippen molar-refractivity contribution in [3.05, 3.63) is 0 Å². The molecule has 0 aromatic rings. The SMILES string of the molecule is CC[Si](CC)C(C)C.[Y]. The fraction of sp³-hybridized carbons (Fsp3) is 1.00. The van der Waals surface area contributed by atoms with Gasteiger partial charge in [-0.3, -0.25) is 0 Å². The molecule has 0 fully saturated rings. The third-order valence-corrected chi connectivity index (χ3v) is 5.17. The van der Waals surface area contributed by atoms with Gasteiger partial charge in [-0.25, -0.2) is 0 Å². The van der Waals surface area contributed by atoms with Crippen molar-refractivity contribution in [1.82, 2.24) is 0 Å². The summed E-state index contributed by atoms with van der Waals surface area (Å²) >= 11 is 0. The molecule has 0 saturated heterocycles. The van der Waals surface area contributed by atoms with Crippen molar-refractivity contribution in [2.75, 3.05) is 0 Å². The van der Waals surface area contributed by atoms with E-state index < -0.39 is 0 Å². The number of hydrogen-bond acceptors (Lipinski definition) is 0. The molecule has 0 saturated carbocycles. The quantitative estimate of drug-likeness (QED) is 0.639. The molecule has 0 N–H and O–H groups in total. The second-order valence-electron chi connectivity index (χ2n) is 2.52. The molecule has 52 valence electrons. The van der Waals surface area contributed by atoms with E-state index in [1.807, 2.05) is 0 Å². The molecule has 0 heterocycles. The van der Waals surface area contributed by atoms with Crippen LogP contribution in [-0.4, -0.2) is 8.80 Å². The molecule has 2 heteroatoms. The minimum Gasteiger partial charge on any atom is -0.0680 e. The van der Waals surface area contributed by atoms with E-state index in [1.165, 1.54) is 12.1 Å². The largest absolute Gasteiger partial charge is 0.0680 e. The third kappa shape index (κ3) is 5.75. The Morgan fingerprint density at radius 1 is 1.11 bits per heavy atom. The molecule has 0 unspecified atom stereocenters. The molecule has 0 aromatic heterocycles. The summed E-state index contributed by atoms with van der Waals surface area (Å²) in [5, 5.41) is 0. The summed E-state index contributed by atoms with van der Waals surface area (Å²) in [5.74, 6) is 0. The van der Waals surface area contributed by atoms with Gasteiger partial charge in [0, 0.05) is 32.7 Å². The van der Waals surface area contributed by atoms with Gasteiger partial charge >= 0.3 is 0 Å². The fourth-order valence-corrected chi connectivity index (χ4v) is 3.20. The molecular weight excluding hydrogens is 201 g/mol. The second kappa shape index (κ2) is 7.43. The molecule has 0 bridgehead atoms. The summed E-state index contributed by atoms with van der Waals surface area (Å²) in [6.07, 6.45) is 0. The van der Waals surface area contributed by atoms with Crippen molar-refractivity contribution in [2.24, 2.45) is 0 Å². The Hall–Kier alpha value is 1.32. The maximum absolute atomic E-state index is 2.35. The molecule has 0 aromatic carbocycles. The molecular formula is C7H17SiY. The van der Waals surface area contributed by atoms with E-state index in [2.05, 4.69) is 27.7 Å². The van der Waals surface area contributed by atoms with Gasteiger partial charge in [-0.1, -0.05) is 45.3 Å². The van der Waals surface area contributed by atoms with Crippen LogP contribution >= 0.6 is 0 Å². The molecule has 0 amide bonds. The smallest absolute Gasteiger partial charge is 0.0501 e. The van der Waals surface area contributed by atoms with Gasteiger partial charge in [0.1, 0.15) is 0 Å². The van der Waals surface area contributed by atoms with Crippen LogP contribution in [0.15, 0.2) is 0 Å². The summed E-state index contributed by atoms with van der Waals surface area (Å²) < 4.78 is 0. The molecule has 9 heavy (non-hydrogen) atoms. The van der Waals surface area contributed by atoms with Gasteiger partial charge in [-0.05, 0) is 0 Å². The van der Waals surface area contributed by atoms with Crippen LogP contribution in [0.2, 0.25) is 17.6 Å². The fourth-order valence-electron chi connectivity index (χ4n) is 1.07. The van der Waals surface area contributed by atoms with Crippen molar-refractivity contribution in [3.63, 3.8) is 0 Å². The Kier molecular flexibility index (Phi) is 10.7. The first kappa shape index (κ1) is 13.0. The van der Waals surface area contributed by atoms with Crippen molar-refractivity contribution < 1.29 is 32.7 Å². The molecule has 2 radical (unpaired) electrons. The Morgan fingerprint density at radius 2 is 1.44 bits per heavy atom. The van der Waals surface area contributed by atoms with Crippen LogP contribution in [0.3, 0.4) is 0 Å². The van der Waals surface area contributed by atoms with Gasteiger partial charge in [-0.2, -0.15) is 0 Å². The van der Waals surface area contributed by atoms with Gasteiger partial charge in [0.2, 0.25) is 0 Å². The summed E-state index contributed by atoms with van der Waals surface area (Å²) in [6.45, 7) is 9.33. The van der Waals surface area contributed by atoms with Gasteiger partial charge in [0.05, 0.1) is 8.80 Å². The van der Waals surface area contributed by atoms with Crippen LogP contribution in [0.25, 0.3) is 0 Å². The van der Waals surface area contributed by atoms with E-state index in [9.17, 15) is 0 Å². The van der Waals surface area contributed by atoms with Crippen LogP contribution in [0, 0.1) is 0 Å². The van der Waals surface area contributed by atoms with Crippen molar-refractivity contribution in [2.45, 2.75) is 45.3 Å². The third-order valence-electron chi connectivity index (χ3n) is 1.72. The molecule has 0 rings (SSSR count). The van der Waals surface area contributed by atoms with Crippen LogP contribution in [0.5, 0.6) is 0 Å². The summed E-state index contributed by atoms with van der Waals surface area (Å²) in [4.78, 5) is 0. The Balaban J connectivity index is 0. The maximum atomic E-state index is 2.35. The molecule has 0 atom stereocenters. The first-order valence-corrected chi connectivity index (χ1v) is 5.56. The van der Waals surface area contributed by atoms with E-state index in [1.54, 1.807) is 0 Å². The van der Waals surface area contributed by atoms with Crippen molar-refractivity contribution >= 4 is 8.80 Å². The number of hydrogen-bond donors (Lipinski definition) is 0. The van der Waals surface area contributed by atoms with Crippen molar-refractivity contribution in [3.8, 4) is 0 Å². The van der Waals surface area contributed by atoms with Crippen molar-refractivity contribution in [1.29, 1.82) is 0 Å². The van der Waals surface area contributed by atoms with E-state index in [0.29, 0.717) is 0 Å². The summed E-state index contributed by atoms with van der Waals surface area (Å²) in [6, 6.07) is 2.89. The van der Waals surface area contributed by atoms with Gasteiger partial charge < -0.3 is 0 Å². The molecule has 0 nitrogen and oxygen atoms in total. The van der Waals surface area contributed by atoms with E-state index in [0.717, 1.165) is 5.54 Å². The zero-order valence-electron chi connectivity index (χ0n) is 7.07. The Bertz CT molecular complexity index is 50.9. The average Bonchev–Trinajstić information content (AvgIpc) is 1.69.